The van der Waals surface area contributed by atoms with Gasteiger partial charge in [0.2, 0.25) is 0 Å². The van der Waals surface area contributed by atoms with Gasteiger partial charge < -0.3 is 9.47 Å². The summed E-state index contributed by atoms with van der Waals surface area (Å²) in [6, 6.07) is 0. The van der Waals surface area contributed by atoms with E-state index in [1.807, 2.05) is 0 Å². The molecule has 0 saturated heterocycles. The second-order valence-electron chi connectivity index (χ2n) is 5.65. The zero-order valence-electron chi connectivity index (χ0n) is 12.5. The Bertz CT molecular complexity index is 200. The minimum atomic E-state index is -0.136. The second kappa shape index (κ2) is 11.5. The molecule has 0 amide bonds. The lowest BCUT2D eigenvalue weighted by molar-refractivity contribution is -0.145. The monoisotopic (exact) mass is 258 g/mol. The van der Waals surface area contributed by atoms with Crippen molar-refractivity contribution in [2.75, 3.05) is 19.8 Å². The zero-order valence-corrected chi connectivity index (χ0v) is 12.5. The summed E-state index contributed by atoms with van der Waals surface area (Å²) in [5.74, 6) is 1.26. The Morgan fingerprint density at radius 1 is 0.889 bits per heavy atom. The van der Waals surface area contributed by atoms with Crippen molar-refractivity contribution in [3.8, 4) is 0 Å². The number of hydrogen-bond donors (Lipinski definition) is 0. The van der Waals surface area contributed by atoms with E-state index in [1.54, 1.807) is 0 Å². The topological polar surface area (TPSA) is 35.5 Å². The average molecular weight is 258 g/mol. The molecule has 0 atom stereocenters. The minimum Gasteiger partial charge on any atom is -0.466 e. The fourth-order valence-electron chi connectivity index (χ4n) is 1.60. The first kappa shape index (κ1) is 17.4. The van der Waals surface area contributed by atoms with Crippen molar-refractivity contribution in [2.45, 2.75) is 59.8 Å². The van der Waals surface area contributed by atoms with Crippen LogP contribution in [-0.2, 0) is 14.3 Å². The van der Waals surface area contributed by atoms with E-state index in [9.17, 15) is 4.79 Å². The van der Waals surface area contributed by atoms with Gasteiger partial charge in [0.15, 0.2) is 0 Å². The third-order valence-electron chi connectivity index (χ3n) is 2.71. The fourth-order valence-corrected chi connectivity index (χ4v) is 1.60. The van der Waals surface area contributed by atoms with Crippen LogP contribution in [0.4, 0.5) is 0 Å². The molecule has 108 valence electrons. The average Bonchev–Trinajstić information content (AvgIpc) is 2.28. The molecule has 0 aromatic heterocycles. The van der Waals surface area contributed by atoms with Crippen LogP contribution in [-0.4, -0.2) is 25.8 Å². The summed E-state index contributed by atoms with van der Waals surface area (Å²) in [4.78, 5) is 11.3. The van der Waals surface area contributed by atoms with Gasteiger partial charge in [0.25, 0.3) is 0 Å². The lowest BCUT2D eigenvalue weighted by atomic mass is 10.1. The molecule has 0 heterocycles. The molecule has 0 bridgehead atoms. The van der Waals surface area contributed by atoms with Gasteiger partial charge in [-0.2, -0.15) is 0 Å². The first-order valence-electron chi connectivity index (χ1n) is 7.25. The van der Waals surface area contributed by atoms with Crippen LogP contribution in [0, 0.1) is 11.8 Å². The van der Waals surface area contributed by atoms with Crippen molar-refractivity contribution in [1.29, 1.82) is 0 Å². The predicted molar refractivity (Wildman–Crippen MR) is 74.5 cm³/mol. The van der Waals surface area contributed by atoms with Crippen LogP contribution >= 0.6 is 0 Å². The summed E-state index contributed by atoms with van der Waals surface area (Å²) < 4.78 is 10.5. The van der Waals surface area contributed by atoms with Gasteiger partial charge in [-0.3, -0.25) is 4.79 Å². The molecule has 0 unspecified atom stereocenters. The van der Waals surface area contributed by atoms with Crippen LogP contribution in [0.25, 0.3) is 0 Å². The molecular formula is C15H30O3. The quantitative estimate of drug-likeness (QED) is 0.417. The molecule has 0 aromatic carbocycles. The minimum absolute atomic E-state index is 0.136. The Labute approximate surface area is 112 Å². The highest BCUT2D eigenvalue weighted by atomic mass is 16.5. The van der Waals surface area contributed by atoms with Gasteiger partial charge >= 0.3 is 5.97 Å². The first-order valence-corrected chi connectivity index (χ1v) is 7.25. The molecule has 0 saturated carbocycles. The lowest BCUT2D eigenvalue weighted by Gasteiger charge is -2.07. The highest BCUT2D eigenvalue weighted by molar-refractivity contribution is 5.69. The van der Waals surface area contributed by atoms with Crippen LogP contribution in [0.15, 0.2) is 0 Å². The first-order chi connectivity index (χ1) is 8.52. The Hall–Kier alpha value is -0.570. The van der Waals surface area contributed by atoms with E-state index >= 15 is 0 Å². The molecule has 0 radical (unpaired) electrons. The Balaban J connectivity index is 3.22. The third-order valence-corrected chi connectivity index (χ3v) is 2.71. The highest BCUT2D eigenvalue weighted by Crippen LogP contribution is 2.04. The van der Waals surface area contributed by atoms with Crippen molar-refractivity contribution >= 4 is 5.97 Å². The Morgan fingerprint density at radius 2 is 1.44 bits per heavy atom. The van der Waals surface area contributed by atoms with Gasteiger partial charge in [-0.25, -0.2) is 0 Å². The fraction of sp³-hybridized carbons (Fsp3) is 0.933. The maximum Gasteiger partial charge on any atom is 0.308 e. The van der Waals surface area contributed by atoms with Crippen LogP contribution in [0.2, 0.25) is 0 Å². The van der Waals surface area contributed by atoms with E-state index < -0.39 is 0 Å². The lowest BCUT2D eigenvalue weighted by Crippen LogP contribution is -2.10. The van der Waals surface area contributed by atoms with Crippen molar-refractivity contribution in [3.05, 3.63) is 0 Å². The van der Waals surface area contributed by atoms with Crippen molar-refractivity contribution < 1.29 is 14.3 Å². The number of carbonyl (C=O) groups excluding carboxylic acids is 1. The number of esters is 1. The summed E-state index contributed by atoms with van der Waals surface area (Å²) in [7, 11) is 0. The molecule has 0 aromatic rings. The van der Waals surface area contributed by atoms with E-state index in [2.05, 4.69) is 27.7 Å². The number of ether oxygens (including phenoxy) is 2. The van der Waals surface area contributed by atoms with Gasteiger partial charge in [-0.1, -0.05) is 27.7 Å². The zero-order chi connectivity index (χ0) is 13.8. The SMILES string of the molecule is CC(C)CCCOCCC(=O)OCCCC(C)C. The molecule has 0 aliphatic carbocycles. The molecule has 0 fully saturated rings. The van der Waals surface area contributed by atoms with Gasteiger partial charge in [-0.05, 0) is 37.5 Å². The highest BCUT2D eigenvalue weighted by Gasteiger charge is 2.03. The van der Waals surface area contributed by atoms with Crippen molar-refractivity contribution in [1.82, 2.24) is 0 Å². The van der Waals surface area contributed by atoms with Gasteiger partial charge in [0.05, 0.1) is 19.6 Å². The summed E-state index contributed by atoms with van der Waals surface area (Å²) in [6.07, 6.45) is 4.70. The Morgan fingerprint density at radius 3 is 2.00 bits per heavy atom. The van der Waals surface area contributed by atoms with Crippen LogP contribution in [0.5, 0.6) is 0 Å². The summed E-state index contributed by atoms with van der Waals surface area (Å²) >= 11 is 0. The smallest absolute Gasteiger partial charge is 0.308 e. The van der Waals surface area contributed by atoms with E-state index in [-0.39, 0.29) is 5.97 Å². The molecule has 0 aliphatic heterocycles. The third kappa shape index (κ3) is 13.5. The largest absolute Gasteiger partial charge is 0.466 e. The Kier molecular flexibility index (Phi) is 11.2. The molecule has 3 heteroatoms. The summed E-state index contributed by atoms with van der Waals surface area (Å²) in [5.41, 5.74) is 0. The van der Waals surface area contributed by atoms with Gasteiger partial charge in [0, 0.05) is 6.61 Å². The molecule has 3 nitrogen and oxygen atoms in total. The van der Waals surface area contributed by atoms with E-state index in [0.717, 1.165) is 31.8 Å². The van der Waals surface area contributed by atoms with Crippen LogP contribution in [0.3, 0.4) is 0 Å². The molecule has 0 spiro atoms. The number of rotatable bonds is 11. The van der Waals surface area contributed by atoms with Gasteiger partial charge in [-0.15, -0.1) is 0 Å². The van der Waals surface area contributed by atoms with Crippen molar-refractivity contribution in [3.63, 3.8) is 0 Å². The predicted octanol–water partition coefficient (Wildman–Crippen LogP) is 3.81. The van der Waals surface area contributed by atoms with Crippen molar-refractivity contribution in [2.24, 2.45) is 11.8 Å². The normalized spacial score (nSPS) is 11.2. The van der Waals surface area contributed by atoms with E-state index in [1.165, 1.54) is 6.42 Å². The van der Waals surface area contributed by atoms with Crippen LogP contribution < -0.4 is 0 Å². The summed E-state index contributed by atoms with van der Waals surface area (Å²) in [6.45, 7) is 10.5. The second-order valence-corrected chi connectivity index (χ2v) is 5.65. The molecule has 18 heavy (non-hydrogen) atoms. The molecule has 0 rings (SSSR count). The van der Waals surface area contributed by atoms with E-state index in [0.29, 0.717) is 25.6 Å². The van der Waals surface area contributed by atoms with Gasteiger partial charge in [0.1, 0.15) is 0 Å². The number of carbonyl (C=O) groups is 1. The molecule has 0 N–H and O–H groups in total. The maximum atomic E-state index is 11.3. The molecular weight excluding hydrogens is 228 g/mol. The summed E-state index contributed by atoms with van der Waals surface area (Å²) in [5, 5.41) is 0. The standard InChI is InChI=1S/C15H30O3/c1-13(2)7-5-10-17-12-9-15(16)18-11-6-8-14(3)4/h13-14H,5-12H2,1-4H3. The number of hydrogen-bond acceptors (Lipinski definition) is 3. The van der Waals surface area contributed by atoms with Crippen LogP contribution in [0.1, 0.15) is 59.8 Å². The molecule has 0 aliphatic rings. The van der Waals surface area contributed by atoms with E-state index in [4.69, 9.17) is 9.47 Å². The maximum absolute atomic E-state index is 11.3.